The van der Waals surface area contributed by atoms with Crippen molar-refractivity contribution >= 4 is 5.97 Å². The minimum absolute atomic E-state index is 0.0103. The molecule has 7 nitrogen and oxygen atoms in total. The smallest absolute Gasteiger partial charge is 0.343 e. The average Bonchev–Trinajstić information content (AvgIpc) is 2.97. The van der Waals surface area contributed by atoms with Gasteiger partial charge in [0.15, 0.2) is 11.5 Å². The van der Waals surface area contributed by atoms with Gasteiger partial charge < -0.3 is 24.7 Å². The van der Waals surface area contributed by atoms with Gasteiger partial charge in [0.1, 0.15) is 29.7 Å². The largest absolute Gasteiger partial charge is 0.490 e. The Morgan fingerprint density at radius 2 is 1.67 bits per heavy atom. The zero-order valence-electron chi connectivity index (χ0n) is 21.3. The molecule has 1 aliphatic heterocycles. The molecule has 1 unspecified atom stereocenters. The first-order valence-electron chi connectivity index (χ1n) is 12.5. The number of hydrogen-bond acceptors (Lipinski definition) is 7. The molecule has 0 fully saturated rings. The molecule has 39 heavy (non-hydrogen) atoms. The van der Waals surface area contributed by atoms with Crippen molar-refractivity contribution in [2.75, 3.05) is 6.61 Å². The molecule has 0 radical (unpaired) electrons. The third kappa shape index (κ3) is 5.55. The van der Waals surface area contributed by atoms with Crippen LogP contribution in [0.5, 0.6) is 23.0 Å². The SMILES string of the molecule is CCOc1cc(C2C(C#N)=C(N)Oc3cc(OC(=O)c4ccccc4)ccc32)ccc1OCc1ccccc1. The third-order valence-electron chi connectivity index (χ3n) is 6.25. The highest BCUT2D eigenvalue weighted by Crippen LogP contribution is 2.45. The van der Waals surface area contributed by atoms with Gasteiger partial charge >= 0.3 is 5.97 Å². The van der Waals surface area contributed by atoms with E-state index >= 15 is 0 Å². The van der Waals surface area contributed by atoms with Gasteiger partial charge in [-0.05, 0) is 48.4 Å². The molecule has 194 valence electrons. The van der Waals surface area contributed by atoms with Crippen molar-refractivity contribution in [1.29, 1.82) is 5.26 Å². The lowest BCUT2D eigenvalue weighted by molar-refractivity contribution is 0.0734. The summed E-state index contributed by atoms with van der Waals surface area (Å²) >= 11 is 0. The number of benzene rings is 4. The molecular weight excluding hydrogens is 492 g/mol. The van der Waals surface area contributed by atoms with E-state index in [1.165, 1.54) is 0 Å². The van der Waals surface area contributed by atoms with Crippen LogP contribution in [0.15, 0.2) is 109 Å². The van der Waals surface area contributed by atoms with E-state index in [1.54, 1.807) is 42.5 Å². The third-order valence-corrected chi connectivity index (χ3v) is 6.25. The van der Waals surface area contributed by atoms with Crippen LogP contribution < -0.4 is 24.7 Å². The van der Waals surface area contributed by atoms with Crippen molar-refractivity contribution in [3.8, 4) is 29.1 Å². The zero-order valence-corrected chi connectivity index (χ0v) is 21.3. The second-order valence-corrected chi connectivity index (χ2v) is 8.79. The van der Waals surface area contributed by atoms with E-state index in [1.807, 2.05) is 61.5 Å². The fourth-order valence-electron chi connectivity index (χ4n) is 4.41. The van der Waals surface area contributed by atoms with E-state index in [0.717, 1.165) is 11.1 Å². The summed E-state index contributed by atoms with van der Waals surface area (Å²) in [5.74, 6) is 0.838. The number of nitrogens with two attached hydrogens (primary N) is 1. The molecule has 1 heterocycles. The second kappa shape index (κ2) is 11.4. The van der Waals surface area contributed by atoms with E-state index in [9.17, 15) is 10.1 Å². The number of fused-ring (bicyclic) bond motifs is 1. The average molecular weight is 519 g/mol. The maximum Gasteiger partial charge on any atom is 0.343 e. The number of nitriles is 1. The Bertz CT molecular complexity index is 1560. The van der Waals surface area contributed by atoms with Crippen LogP contribution in [-0.4, -0.2) is 12.6 Å². The van der Waals surface area contributed by atoms with Crippen molar-refractivity contribution in [3.63, 3.8) is 0 Å². The van der Waals surface area contributed by atoms with Crippen molar-refractivity contribution < 1.29 is 23.7 Å². The normalized spacial score (nSPS) is 14.0. The fraction of sp³-hybridized carbons (Fsp3) is 0.125. The number of allylic oxidation sites excluding steroid dienone is 1. The molecule has 7 heteroatoms. The molecule has 0 bridgehead atoms. The minimum Gasteiger partial charge on any atom is -0.490 e. The molecular formula is C32H26N2O5. The highest BCUT2D eigenvalue weighted by molar-refractivity contribution is 5.91. The van der Waals surface area contributed by atoms with Crippen LogP contribution in [-0.2, 0) is 6.61 Å². The molecule has 1 aliphatic rings. The predicted octanol–water partition coefficient (Wildman–Crippen LogP) is 6.10. The first-order chi connectivity index (χ1) is 19.1. The van der Waals surface area contributed by atoms with Crippen LogP contribution in [0.25, 0.3) is 0 Å². The van der Waals surface area contributed by atoms with Gasteiger partial charge in [-0.2, -0.15) is 5.26 Å². The van der Waals surface area contributed by atoms with E-state index in [0.29, 0.717) is 47.3 Å². The number of carbonyl (C=O) groups is 1. The Morgan fingerprint density at radius 1 is 0.923 bits per heavy atom. The molecule has 2 N–H and O–H groups in total. The van der Waals surface area contributed by atoms with E-state index < -0.39 is 11.9 Å². The first kappa shape index (κ1) is 25.4. The highest BCUT2D eigenvalue weighted by atomic mass is 16.5. The molecule has 0 saturated heterocycles. The Labute approximate surface area is 226 Å². The Kier molecular flexibility index (Phi) is 7.46. The van der Waals surface area contributed by atoms with E-state index in [-0.39, 0.29) is 11.5 Å². The zero-order chi connectivity index (χ0) is 27.2. The molecule has 4 aromatic rings. The Hall–Kier alpha value is -5.22. The number of carbonyl (C=O) groups excluding carboxylic acids is 1. The summed E-state index contributed by atoms with van der Waals surface area (Å²) in [5, 5.41) is 9.96. The van der Waals surface area contributed by atoms with Gasteiger partial charge in [-0.25, -0.2) is 4.79 Å². The summed E-state index contributed by atoms with van der Waals surface area (Å²) in [5.41, 5.74) is 9.41. The van der Waals surface area contributed by atoms with Crippen molar-refractivity contribution in [2.24, 2.45) is 5.73 Å². The van der Waals surface area contributed by atoms with Gasteiger partial charge in [0.25, 0.3) is 0 Å². The van der Waals surface area contributed by atoms with Crippen LogP contribution in [0.2, 0.25) is 0 Å². The van der Waals surface area contributed by atoms with Gasteiger partial charge in [-0.3, -0.25) is 0 Å². The summed E-state index contributed by atoms with van der Waals surface area (Å²) in [6, 6.07) is 31.4. The molecule has 0 saturated carbocycles. The van der Waals surface area contributed by atoms with Crippen LogP contribution in [0.4, 0.5) is 0 Å². The molecule has 1 atom stereocenters. The Morgan fingerprint density at radius 3 is 2.38 bits per heavy atom. The first-order valence-corrected chi connectivity index (χ1v) is 12.5. The van der Waals surface area contributed by atoms with Crippen LogP contribution in [0.3, 0.4) is 0 Å². The summed E-state index contributed by atoms with van der Waals surface area (Å²) in [6.45, 7) is 2.73. The molecule has 0 aliphatic carbocycles. The standard InChI is InChI=1S/C32H26N2O5/c1-2-36-29-17-23(13-16-27(29)37-20-21-9-5-3-6-10-21)30-25-15-14-24(18-28(25)39-31(34)26(30)19-33)38-32(35)22-11-7-4-8-12-22/h3-18,30H,2,20,34H2,1H3. The molecule has 0 spiro atoms. The second-order valence-electron chi connectivity index (χ2n) is 8.79. The quantitative estimate of drug-likeness (QED) is 0.222. The summed E-state index contributed by atoms with van der Waals surface area (Å²) in [6.07, 6.45) is 0. The van der Waals surface area contributed by atoms with E-state index in [2.05, 4.69) is 6.07 Å². The fourth-order valence-corrected chi connectivity index (χ4v) is 4.41. The van der Waals surface area contributed by atoms with Crippen LogP contribution in [0, 0.1) is 11.3 Å². The number of rotatable bonds is 8. The van der Waals surface area contributed by atoms with Crippen molar-refractivity contribution in [2.45, 2.75) is 19.4 Å². The summed E-state index contributed by atoms with van der Waals surface area (Å²) in [4.78, 5) is 12.5. The molecule has 0 aromatic heterocycles. The van der Waals surface area contributed by atoms with Crippen molar-refractivity contribution in [3.05, 3.63) is 131 Å². The summed E-state index contributed by atoms with van der Waals surface area (Å²) < 4.78 is 23.3. The molecule has 5 rings (SSSR count). The Balaban J connectivity index is 1.46. The molecule has 4 aromatic carbocycles. The van der Waals surface area contributed by atoms with E-state index in [4.69, 9.17) is 24.7 Å². The number of hydrogen-bond donors (Lipinski definition) is 1. The van der Waals surface area contributed by atoms with Crippen LogP contribution >= 0.6 is 0 Å². The minimum atomic E-state index is -0.514. The van der Waals surface area contributed by atoms with Gasteiger partial charge in [-0.1, -0.05) is 60.7 Å². The highest BCUT2D eigenvalue weighted by Gasteiger charge is 2.32. The number of esters is 1. The van der Waals surface area contributed by atoms with Gasteiger partial charge in [0.05, 0.1) is 18.1 Å². The monoisotopic (exact) mass is 518 g/mol. The maximum atomic E-state index is 12.5. The predicted molar refractivity (Wildman–Crippen MR) is 146 cm³/mol. The number of nitrogens with zero attached hydrogens (tertiary/aromatic N) is 1. The van der Waals surface area contributed by atoms with Crippen molar-refractivity contribution in [1.82, 2.24) is 0 Å². The van der Waals surface area contributed by atoms with Gasteiger partial charge in [0.2, 0.25) is 5.88 Å². The van der Waals surface area contributed by atoms with Gasteiger partial charge in [-0.15, -0.1) is 0 Å². The van der Waals surface area contributed by atoms with Gasteiger partial charge in [0, 0.05) is 11.6 Å². The van der Waals surface area contributed by atoms with Crippen LogP contribution in [0.1, 0.15) is 39.9 Å². The maximum absolute atomic E-state index is 12.5. The lowest BCUT2D eigenvalue weighted by atomic mass is 9.83. The number of ether oxygens (including phenoxy) is 4. The lowest BCUT2D eigenvalue weighted by Gasteiger charge is -2.27. The molecule has 0 amide bonds. The lowest BCUT2D eigenvalue weighted by Crippen LogP contribution is -2.21. The summed E-state index contributed by atoms with van der Waals surface area (Å²) in [7, 11) is 0. The topological polar surface area (TPSA) is 104 Å².